The number of hydrogen-bond acceptors (Lipinski definition) is 6. The molecule has 0 unspecified atom stereocenters. The van der Waals surface area contributed by atoms with Gasteiger partial charge in [0.15, 0.2) is 11.6 Å². The van der Waals surface area contributed by atoms with Gasteiger partial charge in [-0.3, -0.25) is 0 Å². The van der Waals surface area contributed by atoms with E-state index >= 15 is 0 Å². The number of anilines is 1. The lowest BCUT2D eigenvalue weighted by molar-refractivity contribution is 0.347. The summed E-state index contributed by atoms with van der Waals surface area (Å²) in [5, 5.41) is 13.0. The largest absolute Gasteiger partial charge is 0.384 e. The fraction of sp³-hybridized carbons (Fsp3) is 0.250. The van der Waals surface area contributed by atoms with Gasteiger partial charge >= 0.3 is 0 Å². The van der Waals surface area contributed by atoms with Crippen LogP contribution in [0.5, 0.6) is 0 Å². The average Bonchev–Trinajstić information content (AvgIpc) is 3.30. The Bertz CT molecular complexity index is 1160. The second-order valence-electron chi connectivity index (χ2n) is 7.67. The van der Waals surface area contributed by atoms with Gasteiger partial charge in [0.05, 0.1) is 18.3 Å². The van der Waals surface area contributed by atoms with E-state index in [1.165, 1.54) is 6.07 Å². The SMILES string of the molecule is CC(C)(C)n1cc(-c2nc(-c3cccc(N)n3)nn2Cc2ccccc2F)nn1. The third-order valence-corrected chi connectivity index (χ3v) is 4.36. The van der Waals surface area contributed by atoms with Gasteiger partial charge in [0.1, 0.15) is 23.0 Å². The normalized spacial score (nSPS) is 11.7. The van der Waals surface area contributed by atoms with Crippen LogP contribution in [-0.4, -0.2) is 34.7 Å². The number of nitrogens with two attached hydrogens (primary N) is 1. The second kappa shape index (κ2) is 7.08. The highest BCUT2D eigenvalue weighted by molar-refractivity contribution is 5.57. The van der Waals surface area contributed by atoms with Crippen molar-refractivity contribution >= 4 is 5.82 Å². The van der Waals surface area contributed by atoms with Crippen LogP contribution in [0.2, 0.25) is 0 Å². The lowest BCUT2D eigenvalue weighted by Gasteiger charge is -2.17. The molecule has 0 amide bonds. The van der Waals surface area contributed by atoms with Crippen molar-refractivity contribution < 1.29 is 4.39 Å². The molecule has 4 aromatic rings. The van der Waals surface area contributed by atoms with Gasteiger partial charge in [-0.2, -0.15) is 0 Å². The Morgan fingerprint density at radius 1 is 1.00 bits per heavy atom. The number of nitrogen functional groups attached to an aromatic ring is 1. The molecule has 9 heteroatoms. The maximum absolute atomic E-state index is 14.2. The van der Waals surface area contributed by atoms with Gasteiger partial charge in [0.2, 0.25) is 0 Å². The molecule has 3 aromatic heterocycles. The van der Waals surface area contributed by atoms with Crippen molar-refractivity contribution in [1.29, 1.82) is 0 Å². The molecule has 2 N–H and O–H groups in total. The highest BCUT2D eigenvalue weighted by Gasteiger charge is 2.21. The summed E-state index contributed by atoms with van der Waals surface area (Å²) >= 11 is 0. The molecule has 3 heterocycles. The van der Waals surface area contributed by atoms with Gasteiger partial charge in [0, 0.05) is 5.56 Å². The van der Waals surface area contributed by atoms with Crippen molar-refractivity contribution in [2.45, 2.75) is 32.9 Å². The van der Waals surface area contributed by atoms with Gasteiger partial charge in [0.25, 0.3) is 0 Å². The topological polar surface area (TPSA) is 100 Å². The van der Waals surface area contributed by atoms with E-state index in [1.807, 2.05) is 20.8 Å². The molecule has 4 rings (SSSR count). The summed E-state index contributed by atoms with van der Waals surface area (Å²) in [5.41, 5.74) is 7.13. The first-order chi connectivity index (χ1) is 13.8. The maximum atomic E-state index is 14.2. The van der Waals surface area contributed by atoms with Crippen LogP contribution in [0.3, 0.4) is 0 Å². The second-order valence-corrected chi connectivity index (χ2v) is 7.67. The molecule has 0 bridgehead atoms. The van der Waals surface area contributed by atoms with E-state index in [2.05, 4.69) is 25.4 Å². The molecular weight excluding hydrogens is 371 g/mol. The molecule has 0 aliphatic carbocycles. The summed E-state index contributed by atoms with van der Waals surface area (Å²) < 4.78 is 17.6. The first-order valence-corrected chi connectivity index (χ1v) is 9.15. The standard InChI is InChI=1S/C20H21FN8/c1-20(2,3)29-12-16(25-27-29)19-24-18(15-9-6-10-17(22)23-15)26-28(19)11-13-7-4-5-8-14(13)21/h4-10,12H,11H2,1-3H3,(H2,22,23). The Balaban J connectivity index is 1.81. The molecule has 0 aliphatic rings. The number of halogens is 1. The molecule has 29 heavy (non-hydrogen) atoms. The average molecular weight is 392 g/mol. The van der Waals surface area contributed by atoms with Gasteiger partial charge in [-0.15, -0.1) is 10.2 Å². The zero-order chi connectivity index (χ0) is 20.6. The number of rotatable bonds is 4. The molecular formula is C20H21FN8. The molecule has 0 atom stereocenters. The van der Waals surface area contributed by atoms with Gasteiger partial charge in [-0.25, -0.2) is 23.7 Å². The van der Waals surface area contributed by atoms with Crippen LogP contribution in [-0.2, 0) is 12.1 Å². The molecule has 1 aromatic carbocycles. The molecule has 0 saturated heterocycles. The van der Waals surface area contributed by atoms with Crippen LogP contribution in [0.15, 0.2) is 48.7 Å². The minimum atomic E-state index is -0.309. The monoisotopic (exact) mass is 392 g/mol. The van der Waals surface area contributed by atoms with Crippen molar-refractivity contribution in [2.75, 3.05) is 5.73 Å². The Morgan fingerprint density at radius 2 is 1.79 bits per heavy atom. The van der Waals surface area contributed by atoms with E-state index in [1.54, 1.807) is 52.0 Å². The van der Waals surface area contributed by atoms with Crippen LogP contribution in [0, 0.1) is 5.82 Å². The smallest absolute Gasteiger partial charge is 0.200 e. The van der Waals surface area contributed by atoms with Gasteiger partial charge in [-0.1, -0.05) is 29.5 Å². The number of hydrogen-bond donors (Lipinski definition) is 1. The van der Waals surface area contributed by atoms with Crippen molar-refractivity contribution in [3.8, 4) is 23.0 Å². The first-order valence-electron chi connectivity index (χ1n) is 9.15. The maximum Gasteiger partial charge on any atom is 0.200 e. The van der Waals surface area contributed by atoms with Crippen molar-refractivity contribution in [3.63, 3.8) is 0 Å². The summed E-state index contributed by atoms with van der Waals surface area (Å²) in [7, 11) is 0. The number of benzene rings is 1. The predicted molar refractivity (Wildman–Crippen MR) is 107 cm³/mol. The third-order valence-electron chi connectivity index (χ3n) is 4.36. The molecule has 0 saturated carbocycles. The van der Waals surface area contributed by atoms with E-state index in [-0.39, 0.29) is 17.9 Å². The zero-order valence-corrected chi connectivity index (χ0v) is 16.4. The minimum absolute atomic E-state index is 0.194. The van der Waals surface area contributed by atoms with E-state index in [0.29, 0.717) is 34.4 Å². The Morgan fingerprint density at radius 3 is 2.48 bits per heavy atom. The minimum Gasteiger partial charge on any atom is -0.384 e. The summed E-state index contributed by atoms with van der Waals surface area (Å²) in [5.74, 6) is 0.918. The summed E-state index contributed by atoms with van der Waals surface area (Å²) in [6.45, 7) is 6.27. The Labute approximate surface area is 167 Å². The Hall–Kier alpha value is -3.62. The van der Waals surface area contributed by atoms with Crippen LogP contribution < -0.4 is 5.73 Å². The lowest BCUT2D eigenvalue weighted by Crippen LogP contribution is -2.22. The number of pyridine rings is 1. The first kappa shape index (κ1) is 18.7. The van der Waals surface area contributed by atoms with Crippen molar-refractivity contribution in [3.05, 3.63) is 60.0 Å². The highest BCUT2D eigenvalue weighted by atomic mass is 19.1. The third kappa shape index (κ3) is 3.84. The van der Waals surface area contributed by atoms with E-state index in [9.17, 15) is 4.39 Å². The highest BCUT2D eigenvalue weighted by Crippen LogP contribution is 2.23. The fourth-order valence-electron chi connectivity index (χ4n) is 2.81. The number of nitrogens with zero attached hydrogens (tertiary/aromatic N) is 7. The zero-order valence-electron chi connectivity index (χ0n) is 16.4. The van der Waals surface area contributed by atoms with Crippen LogP contribution in [0.25, 0.3) is 23.0 Å². The lowest BCUT2D eigenvalue weighted by atomic mass is 10.1. The van der Waals surface area contributed by atoms with Crippen molar-refractivity contribution in [2.24, 2.45) is 0 Å². The fourth-order valence-corrected chi connectivity index (χ4v) is 2.81. The molecule has 0 fully saturated rings. The Kier molecular flexibility index (Phi) is 4.57. The summed E-state index contributed by atoms with van der Waals surface area (Å²) in [6.07, 6.45) is 1.80. The predicted octanol–water partition coefficient (Wildman–Crippen LogP) is 3.12. The van der Waals surface area contributed by atoms with Crippen LogP contribution in [0.4, 0.5) is 10.2 Å². The van der Waals surface area contributed by atoms with E-state index < -0.39 is 0 Å². The summed E-state index contributed by atoms with van der Waals surface area (Å²) in [4.78, 5) is 8.89. The molecule has 0 aliphatic heterocycles. The summed E-state index contributed by atoms with van der Waals surface area (Å²) in [6, 6.07) is 11.8. The van der Waals surface area contributed by atoms with Crippen LogP contribution >= 0.6 is 0 Å². The molecule has 8 nitrogen and oxygen atoms in total. The van der Waals surface area contributed by atoms with Gasteiger partial charge in [-0.05, 0) is 39.0 Å². The number of aromatic nitrogens is 7. The molecule has 0 spiro atoms. The quantitative estimate of drug-likeness (QED) is 0.573. The van der Waals surface area contributed by atoms with E-state index in [0.717, 1.165) is 0 Å². The van der Waals surface area contributed by atoms with Crippen LogP contribution in [0.1, 0.15) is 26.3 Å². The molecule has 148 valence electrons. The van der Waals surface area contributed by atoms with E-state index in [4.69, 9.17) is 5.73 Å². The molecule has 0 radical (unpaired) electrons. The van der Waals surface area contributed by atoms with Gasteiger partial charge < -0.3 is 5.73 Å². The van der Waals surface area contributed by atoms with Crippen molar-refractivity contribution in [1.82, 2.24) is 34.7 Å².